The van der Waals surface area contributed by atoms with Gasteiger partial charge in [-0.3, -0.25) is 4.79 Å². The van der Waals surface area contributed by atoms with Crippen LogP contribution in [0.1, 0.15) is 44.7 Å². The van der Waals surface area contributed by atoms with Crippen LogP contribution >= 0.6 is 0 Å². The minimum Gasteiger partial charge on any atom is -0.326 e. The van der Waals surface area contributed by atoms with Crippen molar-refractivity contribution in [2.45, 2.75) is 45.4 Å². The average Bonchev–Trinajstić information content (AvgIpc) is 2.58. The second-order valence-corrected chi connectivity index (χ2v) is 7.43. The van der Waals surface area contributed by atoms with Crippen molar-refractivity contribution < 1.29 is 4.79 Å². The van der Waals surface area contributed by atoms with Gasteiger partial charge in [-0.05, 0) is 42.0 Å². The van der Waals surface area contributed by atoms with Crippen LogP contribution in [0.5, 0.6) is 0 Å². The van der Waals surface area contributed by atoms with Gasteiger partial charge in [-0.25, -0.2) is 0 Å². The molecule has 0 radical (unpaired) electrons. The van der Waals surface area contributed by atoms with E-state index in [0.717, 1.165) is 25.1 Å². The topological polar surface area (TPSA) is 41.1 Å². The SMILES string of the molecule is CC(C)(C)c1ccccc1NC(=O)CCNCCCc1ccccc1. The lowest BCUT2D eigenvalue weighted by molar-refractivity contribution is -0.116. The lowest BCUT2D eigenvalue weighted by Crippen LogP contribution is -2.24. The van der Waals surface area contributed by atoms with Crippen molar-refractivity contribution in [2.75, 3.05) is 18.4 Å². The van der Waals surface area contributed by atoms with Crippen LogP contribution in [0.3, 0.4) is 0 Å². The van der Waals surface area contributed by atoms with Gasteiger partial charge in [0.05, 0.1) is 0 Å². The van der Waals surface area contributed by atoms with Gasteiger partial charge in [0.25, 0.3) is 0 Å². The average molecular weight is 338 g/mol. The fraction of sp³-hybridized carbons (Fsp3) is 0.409. The molecular formula is C22H30N2O. The number of carbonyl (C=O) groups is 1. The molecule has 2 aromatic rings. The maximum Gasteiger partial charge on any atom is 0.225 e. The van der Waals surface area contributed by atoms with Crippen LogP contribution in [0.2, 0.25) is 0 Å². The lowest BCUT2D eigenvalue weighted by Gasteiger charge is -2.23. The summed E-state index contributed by atoms with van der Waals surface area (Å²) in [7, 11) is 0. The van der Waals surface area contributed by atoms with E-state index in [-0.39, 0.29) is 11.3 Å². The Balaban J connectivity index is 1.68. The molecule has 0 spiro atoms. The summed E-state index contributed by atoms with van der Waals surface area (Å²) in [4.78, 5) is 12.2. The highest BCUT2D eigenvalue weighted by Crippen LogP contribution is 2.29. The van der Waals surface area contributed by atoms with Crippen LogP contribution in [0.25, 0.3) is 0 Å². The first-order chi connectivity index (χ1) is 12.0. The maximum atomic E-state index is 12.2. The molecule has 2 N–H and O–H groups in total. The van der Waals surface area contributed by atoms with E-state index in [1.807, 2.05) is 24.3 Å². The van der Waals surface area contributed by atoms with Gasteiger partial charge in [-0.15, -0.1) is 0 Å². The van der Waals surface area contributed by atoms with Crippen molar-refractivity contribution in [2.24, 2.45) is 0 Å². The van der Waals surface area contributed by atoms with Gasteiger partial charge in [0.15, 0.2) is 0 Å². The predicted molar refractivity (Wildman–Crippen MR) is 106 cm³/mol. The van der Waals surface area contributed by atoms with Crippen molar-refractivity contribution in [1.29, 1.82) is 0 Å². The third kappa shape index (κ3) is 6.71. The zero-order valence-electron chi connectivity index (χ0n) is 15.6. The van der Waals surface area contributed by atoms with E-state index in [2.05, 4.69) is 61.7 Å². The molecule has 1 amide bonds. The molecule has 3 nitrogen and oxygen atoms in total. The van der Waals surface area contributed by atoms with Gasteiger partial charge in [0.1, 0.15) is 0 Å². The summed E-state index contributed by atoms with van der Waals surface area (Å²) in [5.41, 5.74) is 3.46. The Labute approximate surface area is 151 Å². The van der Waals surface area contributed by atoms with E-state index in [1.165, 1.54) is 11.1 Å². The summed E-state index contributed by atoms with van der Waals surface area (Å²) in [6.45, 7) is 8.11. The molecule has 0 saturated heterocycles. The molecule has 0 saturated carbocycles. The first kappa shape index (κ1) is 19.2. The fourth-order valence-corrected chi connectivity index (χ4v) is 2.85. The van der Waals surface area contributed by atoms with E-state index < -0.39 is 0 Å². The molecule has 2 rings (SSSR count). The van der Waals surface area contributed by atoms with Crippen molar-refractivity contribution >= 4 is 11.6 Å². The summed E-state index contributed by atoms with van der Waals surface area (Å²) >= 11 is 0. The van der Waals surface area contributed by atoms with E-state index >= 15 is 0 Å². The highest BCUT2D eigenvalue weighted by Gasteiger charge is 2.18. The molecule has 0 unspecified atom stereocenters. The highest BCUT2D eigenvalue weighted by molar-refractivity contribution is 5.91. The molecule has 0 atom stereocenters. The van der Waals surface area contributed by atoms with E-state index in [9.17, 15) is 4.79 Å². The number of anilines is 1. The summed E-state index contributed by atoms with van der Waals surface area (Å²) < 4.78 is 0. The molecule has 0 aromatic heterocycles. The Bertz CT molecular complexity index is 659. The van der Waals surface area contributed by atoms with E-state index in [4.69, 9.17) is 0 Å². The minimum absolute atomic E-state index is 0.0135. The van der Waals surface area contributed by atoms with Crippen LogP contribution < -0.4 is 10.6 Å². The molecule has 2 aromatic carbocycles. The molecule has 3 heteroatoms. The minimum atomic E-state index is 0.0135. The molecular weight excluding hydrogens is 308 g/mol. The Morgan fingerprint density at radius 2 is 1.60 bits per heavy atom. The van der Waals surface area contributed by atoms with Crippen LogP contribution in [-0.2, 0) is 16.6 Å². The number of para-hydroxylation sites is 1. The van der Waals surface area contributed by atoms with Crippen molar-refractivity contribution in [1.82, 2.24) is 5.32 Å². The monoisotopic (exact) mass is 338 g/mol. The van der Waals surface area contributed by atoms with Crippen molar-refractivity contribution in [3.63, 3.8) is 0 Å². The maximum absolute atomic E-state index is 12.2. The van der Waals surface area contributed by atoms with E-state index in [1.54, 1.807) is 0 Å². The number of rotatable bonds is 8. The molecule has 0 aliphatic rings. The predicted octanol–water partition coefficient (Wildman–Crippen LogP) is 4.54. The normalized spacial score (nSPS) is 11.3. The van der Waals surface area contributed by atoms with Gasteiger partial charge in [-0.1, -0.05) is 69.3 Å². The molecule has 0 fully saturated rings. The zero-order valence-corrected chi connectivity index (χ0v) is 15.6. The molecule has 0 aliphatic carbocycles. The standard InChI is InChI=1S/C22H30N2O/c1-22(2,3)19-13-7-8-14-20(19)24-21(25)15-17-23-16-9-12-18-10-5-4-6-11-18/h4-8,10-11,13-14,23H,9,12,15-17H2,1-3H3,(H,24,25). The number of amides is 1. The van der Waals surface area contributed by atoms with Crippen LogP contribution in [0.15, 0.2) is 54.6 Å². The molecule has 25 heavy (non-hydrogen) atoms. The Morgan fingerprint density at radius 3 is 2.32 bits per heavy atom. The van der Waals surface area contributed by atoms with Crippen LogP contribution in [0, 0.1) is 0 Å². The number of hydrogen-bond acceptors (Lipinski definition) is 2. The first-order valence-corrected chi connectivity index (χ1v) is 9.11. The molecule has 134 valence electrons. The Kier molecular flexibility index (Phi) is 7.20. The third-order valence-corrected chi connectivity index (χ3v) is 4.20. The quantitative estimate of drug-likeness (QED) is 0.694. The molecule has 0 heterocycles. The molecule has 0 bridgehead atoms. The van der Waals surface area contributed by atoms with Gasteiger partial charge < -0.3 is 10.6 Å². The van der Waals surface area contributed by atoms with Gasteiger partial charge in [0, 0.05) is 18.7 Å². The van der Waals surface area contributed by atoms with Gasteiger partial charge in [-0.2, -0.15) is 0 Å². The smallest absolute Gasteiger partial charge is 0.225 e. The Hall–Kier alpha value is -2.13. The summed E-state index contributed by atoms with van der Waals surface area (Å²) in [5, 5.41) is 6.41. The van der Waals surface area contributed by atoms with Crippen molar-refractivity contribution in [3.05, 3.63) is 65.7 Å². The number of nitrogens with one attached hydrogen (secondary N) is 2. The fourth-order valence-electron chi connectivity index (χ4n) is 2.85. The number of carbonyl (C=O) groups excluding carboxylic acids is 1. The highest BCUT2D eigenvalue weighted by atomic mass is 16.1. The zero-order chi connectivity index (χ0) is 18.1. The number of benzene rings is 2. The van der Waals surface area contributed by atoms with E-state index in [0.29, 0.717) is 13.0 Å². The van der Waals surface area contributed by atoms with Crippen LogP contribution in [0.4, 0.5) is 5.69 Å². The number of aryl methyl sites for hydroxylation is 1. The second-order valence-electron chi connectivity index (χ2n) is 7.43. The summed E-state index contributed by atoms with van der Waals surface area (Å²) in [6, 6.07) is 18.5. The van der Waals surface area contributed by atoms with Crippen molar-refractivity contribution in [3.8, 4) is 0 Å². The molecule has 0 aliphatic heterocycles. The second kappa shape index (κ2) is 9.38. The number of hydrogen-bond donors (Lipinski definition) is 2. The third-order valence-electron chi connectivity index (χ3n) is 4.20. The summed E-state index contributed by atoms with van der Waals surface area (Å²) in [5.74, 6) is 0.0623. The van der Waals surface area contributed by atoms with Gasteiger partial charge in [0.2, 0.25) is 5.91 Å². The van der Waals surface area contributed by atoms with Crippen LogP contribution in [-0.4, -0.2) is 19.0 Å². The Morgan fingerprint density at radius 1 is 0.920 bits per heavy atom. The largest absolute Gasteiger partial charge is 0.326 e. The van der Waals surface area contributed by atoms with Gasteiger partial charge >= 0.3 is 0 Å². The first-order valence-electron chi connectivity index (χ1n) is 9.11. The lowest BCUT2D eigenvalue weighted by atomic mass is 9.86. The summed E-state index contributed by atoms with van der Waals surface area (Å²) in [6.07, 6.45) is 2.64.